The molecule has 0 radical (unpaired) electrons. The van der Waals surface area contributed by atoms with Crippen LogP contribution in [0.3, 0.4) is 0 Å². The first-order chi connectivity index (χ1) is 8.09. The zero-order valence-electron chi connectivity index (χ0n) is 9.17. The lowest BCUT2D eigenvalue weighted by Crippen LogP contribution is -2.35. The predicted molar refractivity (Wildman–Crippen MR) is 53.8 cm³/mol. The van der Waals surface area contributed by atoms with Crippen molar-refractivity contribution in [1.82, 2.24) is 4.90 Å². The first-order valence-electron chi connectivity index (χ1n) is 5.82. The van der Waals surface area contributed by atoms with Crippen molar-refractivity contribution in [2.75, 3.05) is 6.54 Å². The first-order valence-corrected chi connectivity index (χ1v) is 5.82. The first kappa shape index (κ1) is 10.7. The van der Waals surface area contributed by atoms with E-state index in [1.54, 1.807) is 0 Å². The van der Waals surface area contributed by atoms with Crippen LogP contribution >= 0.6 is 0 Å². The van der Waals surface area contributed by atoms with E-state index in [1.165, 1.54) is 0 Å². The molecular formula is C11H13NO5. The number of rotatable bonds is 3. The summed E-state index contributed by atoms with van der Waals surface area (Å²) in [6.45, 7) is -0.0144. The molecule has 3 saturated heterocycles. The Hall–Kier alpha value is -1.43. The van der Waals surface area contributed by atoms with Crippen LogP contribution < -0.4 is 0 Å². The number of carbonyl (C=O) groups is 3. The molecular weight excluding hydrogens is 226 g/mol. The van der Waals surface area contributed by atoms with E-state index < -0.39 is 5.97 Å². The monoisotopic (exact) mass is 239 g/mol. The molecule has 3 heterocycles. The number of likely N-dealkylation sites (tertiary alicyclic amines) is 1. The van der Waals surface area contributed by atoms with Crippen LogP contribution in [-0.4, -0.2) is 46.5 Å². The molecule has 3 fully saturated rings. The summed E-state index contributed by atoms with van der Waals surface area (Å²) in [4.78, 5) is 35.7. The van der Waals surface area contributed by atoms with Gasteiger partial charge in [0.05, 0.1) is 30.5 Å². The second kappa shape index (κ2) is 3.53. The number of imide groups is 1. The minimum absolute atomic E-state index is 0.0144. The van der Waals surface area contributed by atoms with E-state index in [-0.39, 0.29) is 48.8 Å². The molecule has 2 amide bonds. The molecule has 4 atom stereocenters. The highest BCUT2D eigenvalue weighted by Gasteiger charge is 2.62. The van der Waals surface area contributed by atoms with Gasteiger partial charge in [-0.15, -0.1) is 0 Å². The summed E-state index contributed by atoms with van der Waals surface area (Å²) in [5.41, 5.74) is 0. The molecule has 3 rings (SSSR count). The molecule has 2 bridgehead atoms. The smallest absolute Gasteiger partial charge is 0.305 e. The van der Waals surface area contributed by atoms with Gasteiger partial charge in [-0.1, -0.05) is 0 Å². The number of amides is 2. The highest BCUT2D eigenvalue weighted by molar-refractivity contribution is 6.06. The topological polar surface area (TPSA) is 83.9 Å². The molecule has 0 spiro atoms. The van der Waals surface area contributed by atoms with E-state index in [1.807, 2.05) is 0 Å². The van der Waals surface area contributed by atoms with Crippen molar-refractivity contribution in [1.29, 1.82) is 0 Å². The predicted octanol–water partition coefficient (Wildman–Crippen LogP) is -0.377. The van der Waals surface area contributed by atoms with Crippen LogP contribution in [0.4, 0.5) is 0 Å². The Bertz CT molecular complexity index is 379. The highest BCUT2D eigenvalue weighted by Crippen LogP contribution is 2.48. The Morgan fingerprint density at radius 3 is 2.24 bits per heavy atom. The van der Waals surface area contributed by atoms with Crippen molar-refractivity contribution < 1.29 is 24.2 Å². The summed E-state index contributed by atoms with van der Waals surface area (Å²) < 4.78 is 5.57. The normalized spacial score (nSPS) is 38.9. The molecule has 6 heteroatoms. The van der Waals surface area contributed by atoms with E-state index in [9.17, 15) is 14.4 Å². The minimum atomic E-state index is -0.998. The van der Waals surface area contributed by atoms with Crippen LogP contribution in [0.25, 0.3) is 0 Å². The van der Waals surface area contributed by atoms with E-state index in [4.69, 9.17) is 9.84 Å². The number of carboxylic acids is 1. The van der Waals surface area contributed by atoms with Crippen LogP contribution in [0.15, 0.2) is 0 Å². The lowest BCUT2D eigenvalue weighted by atomic mass is 9.81. The van der Waals surface area contributed by atoms with Gasteiger partial charge >= 0.3 is 5.97 Å². The molecule has 92 valence electrons. The van der Waals surface area contributed by atoms with Crippen molar-refractivity contribution in [2.45, 2.75) is 31.5 Å². The molecule has 0 aromatic carbocycles. The molecule has 0 saturated carbocycles. The average Bonchev–Trinajstić information content (AvgIpc) is 2.92. The lowest BCUT2D eigenvalue weighted by Gasteiger charge is -2.15. The van der Waals surface area contributed by atoms with E-state index >= 15 is 0 Å². The Morgan fingerprint density at radius 1 is 1.24 bits per heavy atom. The Balaban J connectivity index is 1.78. The maximum atomic E-state index is 12.0. The van der Waals surface area contributed by atoms with Crippen molar-refractivity contribution in [3.63, 3.8) is 0 Å². The fourth-order valence-corrected chi connectivity index (χ4v) is 3.20. The van der Waals surface area contributed by atoms with Gasteiger partial charge in [0, 0.05) is 6.54 Å². The van der Waals surface area contributed by atoms with Gasteiger partial charge in [-0.25, -0.2) is 0 Å². The zero-order chi connectivity index (χ0) is 12.2. The van der Waals surface area contributed by atoms with Gasteiger partial charge < -0.3 is 9.84 Å². The van der Waals surface area contributed by atoms with Gasteiger partial charge in [0.25, 0.3) is 0 Å². The van der Waals surface area contributed by atoms with Crippen molar-refractivity contribution >= 4 is 17.8 Å². The quantitative estimate of drug-likeness (QED) is 0.679. The highest BCUT2D eigenvalue weighted by atomic mass is 16.5. The van der Waals surface area contributed by atoms with E-state index in [2.05, 4.69) is 0 Å². The summed E-state index contributed by atoms with van der Waals surface area (Å²) >= 11 is 0. The number of fused-ring (bicyclic) bond motifs is 5. The number of nitrogens with zero attached hydrogens (tertiary/aromatic N) is 1. The third-order valence-corrected chi connectivity index (χ3v) is 3.92. The molecule has 0 aromatic rings. The van der Waals surface area contributed by atoms with Crippen LogP contribution in [0, 0.1) is 11.8 Å². The Labute approximate surface area is 97.5 Å². The van der Waals surface area contributed by atoms with Crippen LogP contribution in [-0.2, 0) is 19.1 Å². The number of hydrogen-bond acceptors (Lipinski definition) is 4. The number of aliphatic carboxylic acids is 1. The zero-order valence-corrected chi connectivity index (χ0v) is 9.17. The van der Waals surface area contributed by atoms with Gasteiger partial charge in [0.15, 0.2) is 0 Å². The maximum absolute atomic E-state index is 12.0. The standard InChI is InChI=1S/C11H13NO5/c13-7(14)3-4-12-10(15)8-5-1-2-6(17-5)9(8)11(12)16/h5-6,8-9H,1-4H2,(H,13,14)/t5-,6+,8+,9-. The van der Waals surface area contributed by atoms with E-state index in [0.29, 0.717) is 0 Å². The maximum Gasteiger partial charge on any atom is 0.305 e. The van der Waals surface area contributed by atoms with Gasteiger partial charge in [0.2, 0.25) is 11.8 Å². The second-order valence-corrected chi connectivity index (χ2v) is 4.81. The number of carbonyl (C=O) groups excluding carboxylic acids is 2. The van der Waals surface area contributed by atoms with Crippen molar-refractivity contribution in [3.8, 4) is 0 Å². The summed E-state index contributed by atoms with van der Waals surface area (Å²) in [5, 5.41) is 8.59. The molecule has 0 aromatic heterocycles. The van der Waals surface area contributed by atoms with Gasteiger partial charge in [-0.05, 0) is 12.8 Å². The summed E-state index contributed by atoms with van der Waals surface area (Å²) in [7, 11) is 0. The van der Waals surface area contributed by atoms with E-state index in [0.717, 1.165) is 17.7 Å². The number of hydrogen-bond donors (Lipinski definition) is 1. The SMILES string of the molecule is O=C(O)CCN1C(=O)[C@@H]2[C@H](C1=O)[C@@H]1CC[C@H]2O1. The van der Waals surface area contributed by atoms with Crippen LogP contribution in [0.5, 0.6) is 0 Å². The fourth-order valence-electron chi connectivity index (χ4n) is 3.20. The summed E-state index contributed by atoms with van der Waals surface area (Å²) in [5.74, 6) is -2.19. The van der Waals surface area contributed by atoms with Crippen LogP contribution in [0.2, 0.25) is 0 Å². The molecule has 3 aliphatic rings. The molecule has 3 aliphatic heterocycles. The van der Waals surface area contributed by atoms with Gasteiger partial charge in [0.1, 0.15) is 0 Å². The van der Waals surface area contributed by atoms with Gasteiger partial charge in [-0.2, -0.15) is 0 Å². The molecule has 1 N–H and O–H groups in total. The fraction of sp³-hybridized carbons (Fsp3) is 0.727. The molecule has 6 nitrogen and oxygen atoms in total. The molecule has 0 aliphatic carbocycles. The minimum Gasteiger partial charge on any atom is -0.481 e. The molecule has 17 heavy (non-hydrogen) atoms. The Kier molecular flexibility index (Phi) is 2.22. The largest absolute Gasteiger partial charge is 0.481 e. The molecule has 0 unspecified atom stereocenters. The third-order valence-electron chi connectivity index (χ3n) is 3.92. The van der Waals surface area contributed by atoms with Crippen molar-refractivity contribution in [2.24, 2.45) is 11.8 Å². The van der Waals surface area contributed by atoms with Crippen molar-refractivity contribution in [3.05, 3.63) is 0 Å². The number of carboxylic acid groups (broad SMARTS) is 1. The number of ether oxygens (including phenoxy) is 1. The average molecular weight is 239 g/mol. The third kappa shape index (κ3) is 1.40. The van der Waals surface area contributed by atoms with Crippen LogP contribution in [0.1, 0.15) is 19.3 Å². The summed E-state index contributed by atoms with van der Waals surface area (Å²) in [6.07, 6.45) is 1.22. The summed E-state index contributed by atoms with van der Waals surface area (Å²) in [6, 6.07) is 0. The lowest BCUT2D eigenvalue weighted by molar-refractivity contribution is -0.144. The Morgan fingerprint density at radius 2 is 1.76 bits per heavy atom. The second-order valence-electron chi connectivity index (χ2n) is 4.81. The van der Waals surface area contributed by atoms with Gasteiger partial charge in [-0.3, -0.25) is 19.3 Å².